The predicted molar refractivity (Wildman–Crippen MR) is 110 cm³/mol. The van der Waals surface area contributed by atoms with Gasteiger partial charge in [0.25, 0.3) is 5.56 Å². The van der Waals surface area contributed by atoms with E-state index in [1.807, 2.05) is 0 Å². The quantitative estimate of drug-likeness (QED) is 0.358. The van der Waals surface area contributed by atoms with Crippen LogP contribution in [0.15, 0.2) is 50.9 Å². The highest BCUT2D eigenvalue weighted by molar-refractivity contribution is 6.32. The zero-order valence-corrected chi connectivity index (χ0v) is 16.8. The summed E-state index contributed by atoms with van der Waals surface area (Å²) < 4.78 is 7.39. The van der Waals surface area contributed by atoms with Crippen molar-refractivity contribution in [1.82, 2.24) is 19.7 Å². The fourth-order valence-electron chi connectivity index (χ4n) is 2.82. The number of aryl methyl sites for hydroxylation is 1. The van der Waals surface area contributed by atoms with Gasteiger partial charge in [0.05, 0.1) is 16.6 Å². The van der Waals surface area contributed by atoms with Crippen molar-refractivity contribution in [2.24, 2.45) is 5.16 Å². The Hall–Kier alpha value is -3.23. The largest absolute Gasteiger partial charge is 0.436 e. The molecule has 0 bridgehead atoms. The van der Waals surface area contributed by atoms with E-state index in [0.717, 1.165) is 0 Å². The van der Waals surface area contributed by atoms with Crippen molar-refractivity contribution in [1.29, 1.82) is 0 Å². The summed E-state index contributed by atoms with van der Waals surface area (Å²) >= 11 is 12.3. The molecule has 0 atom stereocenters. The molecule has 4 rings (SSSR count). The molecule has 3 heterocycles. The van der Waals surface area contributed by atoms with E-state index in [0.29, 0.717) is 43.8 Å². The molecule has 0 fully saturated rings. The van der Waals surface area contributed by atoms with Crippen LogP contribution in [0.4, 0.5) is 0 Å². The van der Waals surface area contributed by atoms with Crippen molar-refractivity contribution < 1.29 is 9.25 Å². The number of fused-ring (bicyclic) bond motifs is 1. The van der Waals surface area contributed by atoms with Crippen LogP contribution in [-0.2, 0) is 4.84 Å². The van der Waals surface area contributed by atoms with Crippen molar-refractivity contribution in [2.45, 2.75) is 6.92 Å². The number of nitrogens with zero attached hydrogens (tertiary/aromatic N) is 5. The van der Waals surface area contributed by atoms with Crippen LogP contribution in [0, 0.1) is 6.92 Å². The Kier molecular flexibility index (Phi) is 5.04. The van der Waals surface area contributed by atoms with Gasteiger partial charge in [-0.25, -0.2) is 9.67 Å². The van der Waals surface area contributed by atoms with E-state index in [9.17, 15) is 4.79 Å². The number of pyridine rings is 1. The van der Waals surface area contributed by atoms with Crippen LogP contribution in [0.5, 0.6) is 0 Å². The van der Waals surface area contributed by atoms with E-state index in [1.165, 1.54) is 24.1 Å². The lowest BCUT2D eigenvalue weighted by Crippen LogP contribution is -2.10. The van der Waals surface area contributed by atoms with Gasteiger partial charge in [0, 0.05) is 11.2 Å². The van der Waals surface area contributed by atoms with Crippen LogP contribution in [-0.4, -0.2) is 33.1 Å². The van der Waals surface area contributed by atoms with E-state index < -0.39 is 5.56 Å². The van der Waals surface area contributed by atoms with Crippen LogP contribution in [0.25, 0.3) is 28.4 Å². The van der Waals surface area contributed by atoms with Crippen LogP contribution in [0.3, 0.4) is 0 Å². The molecule has 0 spiro atoms. The van der Waals surface area contributed by atoms with Gasteiger partial charge in [0.15, 0.2) is 5.82 Å². The number of aromatic nitrogens is 4. The third kappa shape index (κ3) is 3.59. The second kappa shape index (κ2) is 7.65. The van der Waals surface area contributed by atoms with Crippen LogP contribution in [0.2, 0.25) is 10.0 Å². The van der Waals surface area contributed by atoms with Gasteiger partial charge < -0.3 is 9.25 Å². The first-order valence-corrected chi connectivity index (χ1v) is 9.12. The molecule has 10 heteroatoms. The van der Waals surface area contributed by atoms with Gasteiger partial charge in [-0.2, -0.15) is 10.1 Å². The van der Waals surface area contributed by atoms with Crippen molar-refractivity contribution in [2.75, 3.05) is 7.11 Å². The molecule has 0 saturated heterocycles. The van der Waals surface area contributed by atoms with Gasteiger partial charge in [-0.3, -0.25) is 4.79 Å². The SMILES string of the molecule is CON=Cc1cc(-c2nc(=O)c3cc(Cl)cc(C)c3o2)n(-c2ncccc2Cl)n1. The number of hydrogen-bond donors (Lipinski definition) is 0. The van der Waals surface area contributed by atoms with Crippen LogP contribution >= 0.6 is 23.2 Å². The van der Waals surface area contributed by atoms with Crippen molar-refractivity contribution in [3.63, 3.8) is 0 Å². The van der Waals surface area contributed by atoms with Gasteiger partial charge in [0.1, 0.15) is 24.1 Å². The molecule has 0 saturated carbocycles. The predicted octanol–water partition coefficient (Wildman–Crippen LogP) is 4.03. The molecule has 1 aromatic carbocycles. The summed E-state index contributed by atoms with van der Waals surface area (Å²) in [6, 6.07) is 8.24. The Morgan fingerprint density at radius 3 is 2.86 bits per heavy atom. The van der Waals surface area contributed by atoms with Crippen LogP contribution < -0.4 is 5.56 Å². The van der Waals surface area contributed by atoms with E-state index in [4.69, 9.17) is 32.5 Å². The molecular formula is C19H13Cl2N5O3. The number of halogens is 2. The van der Waals surface area contributed by atoms with Gasteiger partial charge in [-0.05, 0) is 42.8 Å². The molecule has 146 valence electrons. The number of benzene rings is 1. The first-order chi connectivity index (χ1) is 14.0. The van der Waals surface area contributed by atoms with Crippen molar-refractivity contribution in [3.05, 3.63) is 68.2 Å². The minimum atomic E-state index is -0.473. The maximum absolute atomic E-state index is 12.6. The summed E-state index contributed by atoms with van der Waals surface area (Å²) in [6.45, 7) is 1.80. The number of rotatable bonds is 4. The Morgan fingerprint density at radius 2 is 2.10 bits per heavy atom. The summed E-state index contributed by atoms with van der Waals surface area (Å²) in [6.07, 6.45) is 2.98. The molecule has 0 unspecified atom stereocenters. The Balaban J connectivity index is 1.99. The second-order valence-corrected chi connectivity index (χ2v) is 6.86. The average molecular weight is 430 g/mol. The smallest absolute Gasteiger partial charge is 0.284 e. The second-order valence-electron chi connectivity index (χ2n) is 6.02. The maximum Gasteiger partial charge on any atom is 0.284 e. The first-order valence-electron chi connectivity index (χ1n) is 8.37. The fourth-order valence-corrected chi connectivity index (χ4v) is 3.30. The minimum absolute atomic E-state index is 0.0548. The summed E-state index contributed by atoms with van der Waals surface area (Å²) in [5, 5.41) is 9.22. The lowest BCUT2D eigenvalue weighted by molar-refractivity contribution is 0.215. The summed E-state index contributed by atoms with van der Waals surface area (Å²) in [5.74, 6) is 0.401. The molecule has 0 N–H and O–H groups in total. The lowest BCUT2D eigenvalue weighted by Gasteiger charge is -2.08. The topological polar surface area (TPSA) is 95.4 Å². The van der Waals surface area contributed by atoms with E-state index in [1.54, 1.807) is 37.4 Å². The molecule has 0 aliphatic heterocycles. The van der Waals surface area contributed by atoms with E-state index in [2.05, 4.69) is 20.2 Å². The van der Waals surface area contributed by atoms with E-state index >= 15 is 0 Å². The summed E-state index contributed by atoms with van der Waals surface area (Å²) in [4.78, 5) is 25.7. The zero-order chi connectivity index (χ0) is 20.5. The van der Waals surface area contributed by atoms with Gasteiger partial charge >= 0.3 is 0 Å². The lowest BCUT2D eigenvalue weighted by atomic mass is 10.2. The molecule has 4 aromatic rings. The molecule has 29 heavy (non-hydrogen) atoms. The zero-order valence-electron chi connectivity index (χ0n) is 15.3. The normalized spacial score (nSPS) is 11.4. The Labute approximate surface area is 174 Å². The maximum atomic E-state index is 12.6. The minimum Gasteiger partial charge on any atom is -0.436 e. The molecule has 0 radical (unpaired) electrons. The molecule has 0 aliphatic carbocycles. The standard InChI is InChI=1S/C19H13Cl2N5O3/c1-10-6-11(20)7-13-16(10)29-19(24-18(13)27)15-8-12(9-23-28-2)25-26(15)17-14(21)4-3-5-22-17/h3-9H,1-2H3. The summed E-state index contributed by atoms with van der Waals surface area (Å²) in [7, 11) is 1.42. The molecular weight excluding hydrogens is 417 g/mol. The molecule has 0 aliphatic rings. The highest BCUT2D eigenvalue weighted by atomic mass is 35.5. The third-order valence-corrected chi connectivity index (χ3v) is 4.56. The summed E-state index contributed by atoms with van der Waals surface area (Å²) in [5.41, 5.74) is 1.42. The third-order valence-electron chi connectivity index (χ3n) is 4.05. The number of oxime groups is 1. The van der Waals surface area contributed by atoms with Crippen LogP contribution in [0.1, 0.15) is 11.3 Å². The first kappa shape index (κ1) is 19.1. The molecule has 0 amide bonds. The number of hydrogen-bond acceptors (Lipinski definition) is 7. The monoisotopic (exact) mass is 429 g/mol. The van der Waals surface area contributed by atoms with Gasteiger partial charge in [-0.15, -0.1) is 0 Å². The Morgan fingerprint density at radius 1 is 1.28 bits per heavy atom. The average Bonchev–Trinajstić information content (AvgIpc) is 3.11. The van der Waals surface area contributed by atoms with Gasteiger partial charge in [-0.1, -0.05) is 28.4 Å². The van der Waals surface area contributed by atoms with Gasteiger partial charge in [0.2, 0.25) is 5.89 Å². The highest BCUT2D eigenvalue weighted by Gasteiger charge is 2.19. The Bertz CT molecular complexity index is 1310. The van der Waals surface area contributed by atoms with Crippen molar-refractivity contribution >= 4 is 40.4 Å². The fraction of sp³-hybridized carbons (Fsp3) is 0.105. The molecule has 8 nitrogen and oxygen atoms in total. The highest BCUT2D eigenvalue weighted by Crippen LogP contribution is 2.28. The van der Waals surface area contributed by atoms with E-state index in [-0.39, 0.29) is 5.89 Å². The van der Waals surface area contributed by atoms with Crippen molar-refractivity contribution in [3.8, 4) is 17.4 Å². The molecule has 3 aromatic heterocycles.